The number of epoxide rings is 1. The van der Waals surface area contributed by atoms with Crippen molar-refractivity contribution in [2.45, 2.75) is 18.8 Å². The van der Waals surface area contributed by atoms with Crippen molar-refractivity contribution in [1.82, 2.24) is 5.32 Å². The van der Waals surface area contributed by atoms with Crippen LogP contribution in [0.25, 0.3) is 0 Å². The molecule has 0 bridgehead atoms. The Morgan fingerprint density at radius 3 is 2.67 bits per heavy atom. The first-order chi connectivity index (χ1) is 9.94. The second-order valence-corrected chi connectivity index (χ2v) is 6.32. The maximum atomic E-state index is 11.7. The highest BCUT2D eigenvalue weighted by Gasteiger charge is 2.35. The predicted molar refractivity (Wildman–Crippen MR) is 74.1 cm³/mol. The van der Waals surface area contributed by atoms with Crippen LogP contribution in [0.5, 0.6) is 0 Å². The zero-order chi connectivity index (χ0) is 15.3. The Labute approximate surface area is 123 Å². The van der Waals surface area contributed by atoms with Gasteiger partial charge in [-0.25, -0.2) is 4.79 Å². The fourth-order valence-electron chi connectivity index (χ4n) is 1.64. The van der Waals surface area contributed by atoms with Crippen molar-refractivity contribution in [3.05, 3.63) is 35.9 Å². The first-order valence-electron chi connectivity index (χ1n) is 6.37. The molecule has 1 fully saturated rings. The van der Waals surface area contributed by atoms with Gasteiger partial charge < -0.3 is 14.8 Å². The summed E-state index contributed by atoms with van der Waals surface area (Å²) in [5.41, 5.74) is 0.860. The average molecular weight is 315 g/mol. The molecule has 1 aliphatic heterocycles. The standard InChI is InChI=1S/C13H17NO6S/c1-21(16,17)20-8-11(12-9-18-12)14-13(15)19-7-10-5-3-2-4-6-10/h2-6,11-12H,7-9H2,1H3,(H,14,15). The highest BCUT2D eigenvalue weighted by atomic mass is 32.2. The Hall–Kier alpha value is -1.64. The van der Waals surface area contributed by atoms with E-state index in [2.05, 4.69) is 9.50 Å². The lowest BCUT2D eigenvalue weighted by molar-refractivity contribution is 0.127. The number of alkyl carbamates (subject to hydrolysis) is 1. The molecule has 0 aromatic heterocycles. The number of carbonyl (C=O) groups excluding carboxylic acids is 1. The highest BCUT2D eigenvalue weighted by molar-refractivity contribution is 7.85. The molecule has 1 aromatic carbocycles. The lowest BCUT2D eigenvalue weighted by Crippen LogP contribution is -2.42. The molecule has 116 valence electrons. The van der Waals surface area contributed by atoms with E-state index in [1.54, 1.807) is 0 Å². The van der Waals surface area contributed by atoms with Gasteiger partial charge in [-0.15, -0.1) is 0 Å². The Morgan fingerprint density at radius 1 is 1.43 bits per heavy atom. The zero-order valence-corrected chi connectivity index (χ0v) is 12.3. The number of benzene rings is 1. The van der Waals surface area contributed by atoms with Gasteiger partial charge >= 0.3 is 6.09 Å². The molecule has 7 nitrogen and oxygen atoms in total. The minimum Gasteiger partial charge on any atom is -0.445 e. The predicted octanol–water partition coefficient (Wildman–Crippen LogP) is 0.656. The van der Waals surface area contributed by atoms with Gasteiger partial charge in [-0.3, -0.25) is 4.18 Å². The van der Waals surface area contributed by atoms with Crippen LogP contribution in [-0.2, 0) is 30.4 Å². The normalized spacial score (nSPS) is 18.8. The van der Waals surface area contributed by atoms with Crippen molar-refractivity contribution in [1.29, 1.82) is 0 Å². The van der Waals surface area contributed by atoms with Gasteiger partial charge in [0, 0.05) is 0 Å². The summed E-state index contributed by atoms with van der Waals surface area (Å²) in [4.78, 5) is 11.7. The van der Waals surface area contributed by atoms with Crippen molar-refractivity contribution in [3.63, 3.8) is 0 Å². The third kappa shape index (κ3) is 6.11. The quantitative estimate of drug-likeness (QED) is 0.586. The van der Waals surface area contributed by atoms with Crippen molar-refractivity contribution >= 4 is 16.2 Å². The molecule has 1 amide bonds. The van der Waals surface area contributed by atoms with Gasteiger partial charge in [0.1, 0.15) is 12.7 Å². The number of nitrogens with one attached hydrogen (secondary N) is 1. The van der Waals surface area contributed by atoms with Crippen molar-refractivity contribution in [3.8, 4) is 0 Å². The monoisotopic (exact) mass is 315 g/mol. The first kappa shape index (κ1) is 15.7. The van der Waals surface area contributed by atoms with Crippen molar-refractivity contribution in [2.24, 2.45) is 0 Å². The number of hydrogen-bond donors (Lipinski definition) is 1. The van der Waals surface area contributed by atoms with Crippen LogP contribution in [0.2, 0.25) is 0 Å². The molecule has 1 aromatic rings. The molecule has 1 saturated heterocycles. The van der Waals surface area contributed by atoms with Gasteiger partial charge in [0.25, 0.3) is 10.1 Å². The molecule has 1 aliphatic rings. The molecule has 8 heteroatoms. The summed E-state index contributed by atoms with van der Waals surface area (Å²) in [6.45, 7) is 0.415. The number of rotatable bonds is 7. The number of amides is 1. The molecule has 1 N–H and O–H groups in total. The van der Waals surface area contributed by atoms with E-state index < -0.39 is 22.3 Å². The molecule has 0 spiro atoms. The van der Waals surface area contributed by atoms with Gasteiger partial charge in [-0.1, -0.05) is 30.3 Å². The molecule has 2 unspecified atom stereocenters. The zero-order valence-electron chi connectivity index (χ0n) is 11.5. The van der Waals surface area contributed by atoms with E-state index in [-0.39, 0.29) is 19.3 Å². The van der Waals surface area contributed by atoms with Crippen LogP contribution in [-0.4, -0.2) is 46.1 Å². The fraction of sp³-hybridized carbons (Fsp3) is 0.462. The molecule has 0 saturated carbocycles. The fourth-order valence-corrected chi connectivity index (χ4v) is 2.04. The number of ether oxygens (including phenoxy) is 2. The molecular weight excluding hydrogens is 298 g/mol. The summed E-state index contributed by atoms with van der Waals surface area (Å²) in [6, 6.07) is 8.67. The molecule has 21 heavy (non-hydrogen) atoms. The molecule has 2 rings (SSSR count). The summed E-state index contributed by atoms with van der Waals surface area (Å²) < 4.78 is 36.7. The van der Waals surface area contributed by atoms with Crippen molar-refractivity contribution in [2.75, 3.05) is 19.5 Å². The summed E-state index contributed by atoms with van der Waals surface area (Å²) in [5, 5.41) is 2.55. The van der Waals surface area contributed by atoms with Crippen LogP contribution in [0.4, 0.5) is 4.79 Å². The average Bonchev–Trinajstić information content (AvgIpc) is 3.26. The lowest BCUT2D eigenvalue weighted by Gasteiger charge is -2.16. The minimum atomic E-state index is -3.56. The Morgan fingerprint density at radius 2 is 2.10 bits per heavy atom. The van der Waals surface area contributed by atoms with E-state index in [1.807, 2.05) is 30.3 Å². The van der Waals surface area contributed by atoms with Gasteiger partial charge in [0.15, 0.2) is 0 Å². The molecule has 2 atom stereocenters. The SMILES string of the molecule is CS(=O)(=O)OCC(NC(=O)OCc1ccccc1)C1CO1. The van der Waals surface area contributed by atoms with E-state index in [1.165, 1.54) is 0 Å². The van der Waals surface area contributed by atoms with Crippen LogP contribution in [0.15, 0.2) is 30.3 Å². The maximum Gasteiger partial charge on any atom is 0.407 e. The topological polar surface area (TPSA) is 94.2 Å². The number of hydrogen-bond acceptors (Lipinski definition) is 6. The highest BCUT2D eigenvalue weighted by Crippen LogP contribution is 2.15. The summed E-state index contributed by atoms with van der Waals surface area (Å²) in [6.07, 6.45) is 0.0680. The summed E-state index contributed by atoms with van der Waals surface area (Å²) in [5.74, 6) is 0. The van der Waals surface area contributed by atoms with Gasteiger partial charge in [-0.2, -0.15) is 8.42 Å². The van der Waals surface area contributed by atoms with Crippen LogP contribution >= 0.6 is 0 Å². The molecular formula is C13H17NO6S. The lowest BCUT2D eigenvalue weighted by atomic mass is 10.2. The smallest absolute Gasteiger partial charge is 0.407 e. The third-order valence-electron chi connectivity index (χ3n) is 2.79. The van der Waals surface area contributed by atoms with Crippen molar-refractivity contribution < 1.29 is 26.9 Å². The summed E-state index contributed by atoms with van der Waals surface area (Å²) >= 11 is 0. The Bertz CT molecular complexity index is 570. The van der Waals surface area contributed by atoms with E-state index in [0.717, 1.165) is 11.8 Å². The maximum absolute atomic E-state index is 11.7. The molecule has 0 radical (unpaired) electrons. The van der Waals surface area contributed by atoms with Gasteiger partial charge in [0.2, 0.25) is 0 Å². The molecule has 0 aliphatic carbocycles. The third-order valence-corrected chi connectivity index (χ3v) is 3.35. The molecule has 1 heterocycles. The van der Waals surface area contributed by atoms with E-state index in [0.29, 0.717) is 6.61 Å². The second kappa shape index (κ2) is 6.88. The Kier molecular flexibility index (Phi) is 5.16. The second-order valence-electron chi connectivity index (χ2n) is 4.67. The first-order valence-corrected chi connectivity index (χ1v) is 8.19. The van der Waals surface area contributed by atoms with Crippen LogP contribution in [0.1, 0.15) is 5.56 Å². The van der Waals surface area contributed by atoms with Crippen LogP contribution < -0.4 is 5.32 Å². The van der Waals surface area contributed by atoms with Gasteiger partial charge in [-0.05, 0) is 5.56 Å². The van der Waals surface area contributed by atoms with E-state index in [4.69, 9.17) is 9.47 Å². The van der Waals surface area contributed by atoms with Gasteiger partial charge in [0.05, 0.1) is 25.5 Å². The minimum absolute atomic E-state index is 0.137. The van der Waals surface area contributed by atoms with E-state index in [9.17, 15) is 13.2 Å². The number of carbonyl (C=O) groups is 1. The van der Waals surface area contributed by atoms with Crippen LogP contribution in [0.3, 0.4) is 0 Å². The largest absolute Gasteiger partial charge is 0.445 e. The summed E-state index contributed by atoms with van der Waals surface area (Å²) in [7, 11) is -3.56. The Balaban J connectivity index is 1.78. The van der Waals surface area contributed by atoms with E-state index >= 15 is 0 Å². The van der Waals surface area contributed by atoms with Crippen LogP contribution in [0, 0.1) is 0 Å².